The number of aromatic nitrogens is 2. The van der Waals surface area contributed by atoms with Crippen molar-refractivity contribution < 1.29 is 18.0 Å². The number of rotatable bonds is 5. The zero-order valence-electron chi connectivity index (χ0n) is 13.7. The summed E-state index contributed by atoms with van der Waals surface area (Å²) in [7, 11) is 0. The van der Waals surface area contributed by atoms with Crippen molar-refractivity contribution in [3.05, 3.63) is 48.8 Å². The smallest absolute Gasteiger partial charge is 0.304 e. The first-order chi connectivity index (χ1) is 12.4. The molecule has 0 saturated heterocycles. The number of amides is 1. The van der Waals surface area contributed by atoms with Crippen molar-refractivity contribution in [2.24, 2.45) is 0 Å². The van der Waals surface area contributed by atoms with Crippen LogP contribution >= 0.6 is 11.9 Å². The highest BCUT2D eigenvalue weighted by molar-refractivity contribution is 7.97. The molecule has 2 heterocycles. The molecule has 0 bridgehead atoms. The standard InChI is InChI=1S/C17H15F3N4OS/c1-2-21-26-13-5-3-4-11(8-13)12-6-7-15-22-14(10-24(15)9-12)23-16(25)17(18,19)20/h3-10,21H,2H2,1H3,(H,23,25). The lowest BCUT2D eigenvalue weighted by molar-refractivity contribution is -0.167. The molecule has 0 aliphatic heterocycles. The van der Waals surface area contributed by atoms with E-state index in [1.165, 1.54) is 18.1 Å². The van der Waals surface area contributed by atoms with Gasteiger partial charge in [-0.2, -0.15) is 13.2 Å². The predicted molar refractivity (Wildman–Crippen MR) is 94.8 cm³/mol. The van der Waals surface area contributed by atoms with Gasteiger partial charge in [-0.05, 0) is 47.3 Å². The third-order valence-corrected chi connectivity index (χ3v) is 4.37. The second kappa shape index (κ2) is 7.38. The predicted octanol–water partition coefficient (Wildman–Crippen LogP) is 4.12. The minimum absolute atomic E-state index is 0.152. The number of nitrogens with zero attached hydrogens (tertiary/aromatic N) is 2. The van der Waals surface area contributed by atoms with Gasteiger partial charge in [0.25, 0.3) is 0 Å². The van der Waals surface area contributed by atoms with E-state index in [4.69, 9.17) is 0 Å². The van der Waals surface area contributed by atoms with Crippen molar-refractivity contribution in [2.75, 3.05) is 11.9 Å². The number of pyridine rings is 1. The van der Waals surface area contributed by atoms with Crippen LogP contribution in [-0.4, -0.2) is 28.0 Å². The van der Waals surface area contributed by atoms with Crippen LogP contribution < -0.4 is 10.0 Å². The molecule has 0 saturated carbocycles. The first kappa shape index (κ1) is 18.3. The van der Waals surface area contributed by atoms with E-state index < -0.39 is 12.1 Å². The number of halogens is 3. The molecule has 0 atom stereocenters. The van der Waals surface area contributed by atoms with Gasteiger partial charge in [-0.25, -0.2) is 4.98 Å². The molecule has 136 valence electrons. The first-order valence-electron chi connectivity index (χ1n) is 7.74. The number of anilines is 1. The molecule has 1 amide bonds. The van der Waals surface area contributed by atoms with Crippen molar-refractivity contribution >= 4 is 29.3 Å². The van der Waals surface area contributed by atoms with E-state index in [9.17, 15) is 18.0 Å². The van der Waals surface area contributed by atoms with Crippen LogP contribution in [-0.2, 0) is 4.79 Å². The fourth-order valence-corrected chi connectivity index (χ4v) is 2.95. The zero-order chi connectivity index (χ0) is 18.7. The van der Waals surface area contributed by atoms with Gasteiger partial charge in [0.05, 0.1) is 6.20 Å². The maximum absolute atomic E-state index is 12.3. The van der Waals surface area contributed by atoms with Crippen LogP contribution in [0.4, 0.5) is 19.0 Å². The molecule has 0 aliphatic carbocycles. The van der Waals surface area contributed by atoms with Crippen molar-refractivity contribution in [3.63, 3.8) is 0 Å². The zero-order valence-corrected chi connectivity index (χ0v) is 14.5. The highest BCUT2D eigenvalue weighted by Crippen LogP contribution is 2.25. The molecule has 0 radical (unpaired) electrons. The quantitative estimate of drug-likeness (QED) is 0.654. The van der Waals surface area contributed by atoms with Gasteiger partial charge in [-0.3, -0.25) is 9.52 Å². The van der Waals surface area contributed by atoms with Gasteiger partial charge >= 0.3 is 12.1 Å². The number of hydrogen-bond acceptors (Lipinski definition) is 4. The molecule has 0 spiro atoms. The lowest BCUT2D eigenvalue weighted by Crippen LogP contribution is -2.30. The summed E-state index contributed by atoms with van der Waals surface area (Å²) in [5, 5.41) is 1.76. The van der Waals surface area contributed by atoms with E-state index in [0.717, 1.165) is 22.6 Å². The summed E-state index contributed by atoms with van der Waals surface area (Å²) in [5.41, 5.74) is 2.27. The van der Waals surface area contributed by atoms with Crippen LogP contribution in [0.5, 0.6) is 0 Å². The summed E-state index contributed by atoms with van der Waals surface area (Å²) in [4.78, 5) is 16.1. The molecule has 2 N–H and O–H groups in total. The fourth-order valence-electron chi connectivity index (χ4n) is 2.30. The lowest BCUT2D eigenvalue weighted by Gasteiger charge is -2.06. The van der Waals surface area contributed by atoms with Crippen molar-refractivity contribution in [1.29, 1.82) is 0 Å². The molecule has 3 aromatic rings. The normalized spacial score (nSPS) is 11.7. The largest absolute Gasteiger partial charge is 0.471 e. The van der Waals surface area contributed by atoms with Crippen molar-refractivity contribution in [1.82, 2.24) is 14.1 Å². The summed E-state index contributed by atoms with van der Waals surface area (Å²) in [6.45, 7) is 2.85. The number of benzene rings is 1. The van der Waals surface area contributed by atoms with Gasteiger partial charge in [0.2, 0.25) is 0 Å². The third-order valence-electron chi connectivity index (χ3n) is 3.45. The highest BCUT2D eigenvalue weighted by atomic mass is 32.2. The Kier molecular flexibility index (Phi) is 5.19. The molecule has 0 unspecified atom stereocenters. The number of carbonyl (C=O) groups excluding carboxylic acids is 1. The molecule has 0 aliphatic rings. The lowest BCUT2D eigenvalue weighted by atomic mass is 10.1. The average Bonchev–Trinajstić information content (AvgIpc) is 3.00. The number of nitrogens with one attached hydrogen (secondary N) is 2. The van der Waals surface area contributed by atoms with Gasteiger partial charge in [0.1, 0.15) is 5.65 Å². The molecule has 5 nitrogen and oxygen atoms in total. The van der Waals surface area contributed by atoms with E-state index in [-0.39, 0.29) is 5.82 Å². The Morgan fingerprint density at radius 3 is 2.73 bits per heavy atom. The summed E-state index contributed by atoms with van der Waals surface area (Å²) < 4.78 is 41.8. The Hall–Kier alpha value is -2.52. The van der Waals surface area contributed by atoms with E-state index in [2.05, 4.69) is 9.71 Å². The molecule has 9 heteroatoms. The Bertz CT molecular complexity index is 939. The van der Waals surface area contributed by atoms with E-state index in [0.29, 0.717) is 5.65 Å². The second-order valence-corrected chi connectivity index (χ2v) is 6.35. The van der Waals surface area contributed by atoms with Crippen LogP contribution in [0.25, 0.3) is 16.8 Å². The number of alkyl halides is 3. The molecular weight excluding hydrogens is 365 g/mol. The summed E-state index contributed by atoms with van der Waals surface area (Å²) in [6.07, 6.45) is -1.85. The van der Waals surface area contributed by atoms with Crippen LogP contribution in [0, 0.1) is 0 Å². The van der Waals surface area contributed by atoms with Gasteiger partial charge in [-0.15, -0.1) is 0 Å². The van der Waals surface area contributed by atoms with Crippen LogP contribution in [0.2, 0.25) is 0 Å². The van der Waals surface area contributed by atoms with Gasteiger partial charge in [0.15, 0.2) is 5.82 Å². The number of carbonyl (C=O) groups is 1. The highest BCUT2D eigenvalue weighted by Gasteiger charge is 2.39. The Morgan fingerprint density at radius 2 is 2.00 bits per heavy atom. The number of imidazole rings is 1. The Balaban J connectivity index is 1.86. The maximum atomic E-state index is 12.3. The van der Waals surface area contributed by atoms with Crippen molar-refractivity contribution in [3.8, 4) is 11.1 Å². The molecule has 2 aromatic heterocycles. The van der Waals surface area contributed by atoms with E-state index in [1.807, 2.05) is 37.3 Å². The monoisotopic (exact) mass is 380 g/mol. The van der Waals surface area contributed by atoms with Gasteiger partial charge in [-0.1, -0.05) is 19.1 Å². The molecule has 0 fully saturated rings. The molecule has 1 aromatic carbocycles. The van der Waals surface area contributed by atoms with Crippen molar-refractivity contribution in [2.45, 2.75) is 18.0 Å². The van der Waals surface area contributed by atoms with E-state index in [1.54, 1.807) is 22.0 Å². The summed E-state index contributed by atoms with van der Waals surface area (Å²) in [5.74, 6) is -2.20. The molecule has 3 rings (SSSR count). The average molecular weight is 380 g/mol. The number of hydrogen-bond donors (Lipinski definition) is 2. The molecule has 26 heavy (non-hydrogen) atoms. The second-order valence-electron chi connectivity index (χ2n) is 5.39. The van der Waals surface area contributed by atoms with Gasteiger partial charge in [0, 0.05) is 17.6 Å². The minimum Gasteiger partial charge on any atom is -0.304 e. The van der Waals surface area contributed by atoms with Crippen LogP contribution in [0.1, 0.15) is 6.92 Å². The fraction of sp³-hybridized carbons (Fsp3) is 0.176. The SMILES string of the molecule is CCNSc1cccc(-c2ccc3nc(NC(=O)C(F)(F)F)cn3c2)c1. The minimum atomic E-state index is -4.95. The van der Waals surface area contributed by atoms with Crippen LogP contribution in [0.3, 0.4) is 0 Å². The third kappa shape index (κ3) is 4.17. The van der Waals surface area contributed by atoms with Gasteiger partial charge < -0.3 is 9.72 Å². The Morgan fingerprint density at radius 1 is 1.19 bits per heavy atom. The first-order valence-corrected chi connectivity index (χ1v) is 8.55. The summed E-state index contributed by atoms with van der Waals surface area (Å²) in [6, 6.07) is 11.4. The number of fused-ring (bicyclic) bond motifs is 1. The van der Waals surface area contributed by atoms with Crippen LogP contribution in [0.15, 0.2) is 53.7 Å². The molecular formula is C17H15F3N4OS. The summed E-state index contributed by atoms with van der Waals surface area (Å²) >= 11 is 1.52. The Labute approximate surface area is 151 Å². The maximum Gasteiger partial charge on any atom is 0.471 e. The topological polar surface area (TPSA) is 58.4 Å². The van der Waals surface area contributed by atoms with E-state index >= 15 is 0 Å².